The minimum atomic E-state index is -0.362. The lowest BCUT2D eigenvalue weighted by Crippen LogP contribution is -2.19. The summed E-state index contributed by atoms with van der Waals surface area (Å²) in [6.07, 6.45) is 8.99. The molecule has 0 radical (unpaired) electrons. The van der Waals surface area contributed by atoms with Crippen LogP contribution in [0.4, 0.5) is 0 Å². The van der Waals surface area contributed by atoms with Crippen LogP contribution in [0.5, 0.6) is 0 Å². The Hall–Kier alpha value is -0.0831. The monoisotopic (exact) mass is 225 g/mol. The molecular weight excluding hydrogens is 198 g/mol. The molecule has 2 heteroatoms. The zero-order valence-corrected chi connectivity index (χ0v) is 11.7. The third-order valence-electron chi connectivity index (χ3n) is 3.60. The molecule has 1 heterocycles. The molecule has 0 unspecified atom stereocenters. The van der Waals surface area contributed by atoms with Crippen molar-refractivity contribution < 1.29 is 0 Å². The molecule has 0 saturated carbocycles. The molecule has 0 amide bonds. The number of nitrogens with zero attached hydrogens (tertiary/aromatic N) is 1. The number of rotatable bonds is 7. The summed E-state index contributed by atoms with van der Waals surface area (Å²) >= 11 is 0. The fourth-order valence-electron chi connectivity index (χ4n) is 2.29. The standard InChI is InChI=1S/C13H27NSi/c1-3-15(4-2)13-9-5-6-10-14-11-7-8-12-14/h5,9,15H,3-4,6-8,10-13H2,1-2H3. The van der Waals surface area contributed by atoms with Crippen molar-refractivity contribution >= 4 is 8.80 Å². The Balaban J connectivity index is 2.00. The van der Waals surface area contributed by atoms with E-state index in [0.717, 1.165) is 0 Å². The van der Waals surface area contributed by atoms with Crippen LogP contribution in [-0.2, 0) is 0 Å². The van der Waals surface area contributed by atoms with Gasteiger partial charge in [0.1, 0.15) is 0 Å². The highest BCUT2D eigenvalue weighted by Crippen LogP contribution is 2.08. The van der Waals surface area contributed by atoms with Crippen molar-refractivity contribution in [1.29, 1.82) is 0 Å². The first-order chi connectivity index (χ1) is 7.36. The van der Waals surface area contributed by atoms with E-state index < -0.39 is 0 Å². The van der Waals surface area contributed by atoms with Gasteiger partial charge in [0.2, 0.25) is 0 Å². The molecular formula is C13H27NSi. The van der Waals surface area contributed by atoms with E-state index in [1.807, 2.05) is 0 Å². The van der Waals surface area contributed by atoms with Gasteiger partial charge in [-0.1, -0.05) is 38.1 Å². The van der Waals surface area contributed by atoms with Crippen LogP contribution in [-0.4, -0.2) is 33.3 Å². The van der Waals surface area contributed by atoms with E-state index in [9.17, 15) is 0 Å². The van der Waals surface area contributed by atoms with Crippen molar-refractivity contribution in [1.82, 2.24) is 4.90 Å². The van der Waals surface area contributed by atoms with Crippen LogP contribution in [0.2, 0.25) is 18.1 Å². The lowest BCUT2D eigenvalue weighted by molar-refractivity contribution is 0.346. The lowest BCUT2D eigenvalue weighted by atomic mass is 10.3. The zero-order chi connectivity index (χ0) is 10.9. The molecule has 1 aliphatic rings. The number of hydrogen-bond acceptors (Lipinski definition) is 1. The molecule has 0 bridgehead atoms. The summed E-state index contributed by atoms with van der Waals surface area (Å²) in [5.74, 6) is 0. The average Bonchev–Trinajstić information content (AvgIpc) is 2.76. The van der Waals surface area contributed by atoms with Crippen LogP contribution < -0.4 is 0 Å². The van der Waals surface area contributed by atoms with E-state index in [2.05, 4.69) is 30.9 Å². The Morgan fingerprint density at radius 2 is 1.73 bits per heavy atom. The summed E-state index contributed by atoms with van der Waals surface area (Å²) in [5.41, 5.74) is 0. The molecule has 0 spiro atoms. The molecule has 1 saturated heterocycles. The average molecular weight is 225 g/mol. The van der Waals surface area contributed by atoms with Gasteiger partial charge in [0, 0.05) is 15.3 Å². The van der Waals surface area contributed by atoms with Gasteiger partial charge in [0.25, 0.3) is 0 Å². The van der Waals surface area contributed by atoms with E-state index in [1.54, 1.807) is 0 Å². The maximum Gasteiger partial charge on any atom is 0.0400 e. The molecule has 0 N–H and O–H groups in total. The van der Waals surface area contributed by atoms with Gasteiger partial charge >= 0.3 is 0 Å². The van der Waals surface area contributed by atoms with Gasteiger partial charge in [-0.3, -0.25) is 0 Å². The first kappa shape index (κ1) is 13.0. The molecule has 1 aliphatic heterocycles. The second kappa shape index (κ2) is 8.11. The third-order valence-corrected chi connectivity index (χ3v) is 6.85. The molecule has 0 aromatic heterocycles. The van der Waals surface area contributed by atoms with Crippen molar-refractivity contribution in [2.24, 2.45) is 0 Å². The minimum Gasteiger partial charge on any atom is -0.303 e. The molecule has 0 aromatic carbocycles. The number of likely N-dealkylation sites (tertiary alicyclic amines) is 1. The van der Waals surface area contributed by atoms with Crippen LogP contribution in [0.1, 0.15) is 33.1 Å². The van der Waals surface area contributed by atoms with Crippen LogP contribution in [0, 0.1) is 0 Å². The fraction of sp³-hybridized carbons (Fsp3) is 0.846. The predicted octanol–water partition coefficient (Wildman–Crippen LogP) is 3.30. The van der Waals surface area contributed by atoms with E-state index in [0.29, 0.717) is 0 Å². The summed E-state index contributed by atoms with van der Waals surface area (Å²) < 4.78 is 0. The van der Waals surface area contributed by atoms with E-state index in [4.69, 9.17) is 0 Å². The van der Waals surface area contributed by atoms with E-state index >= 15 is 0 Å². The third kappa shape index (κ3) is 5.52. The van der Waals surface area contributed by atoms with Gasteiger partial charge in [-0.2, -0.15) is 0 Å². The summed E-state index contributed by atoms with van der Waals surface area (Å²) in [4.78, 5) is 2.60. The lowest BCUT2D eigenvalue weighted by Gasteiger charge is -2.12. The van der Waals surface area contributed by atoms with Gasteiger partial charge in [-0.15, -0.1) is 0 Å². The zero-order valence-electron chi connectivity index (χ0n) is 10.5. The van der Waals surface area contributed by atoms with Crippen molar-refractivity contribution in [2.75, 3.05) is 19.6 Å². The van der Waals surface area contributed by atoms with Crippen LogP contribution in [0.3, 0.4) is 0 Å². The highest BCUT2D eigenvalue weighted by Gasteiger charge is 2.09. The van der Waals surface area contributed by atoms with Crippen LogP contribution in [0.25, 0.3) is 0 Å². The van der Waals surface area contributed by atoms with Gasteiger partial charge < -0.3 is 4.90 Å². The molecule has 1 rings (SSSR count). The Labute approximate surface area is 97.2 Å². The molecule has 1 nitrogen and oxygen atoms in total. The van der Waals surface area contributed by atoms with Crippen molar-refractivity contribution in [3.8, 4) is 0 Å². The van der Waals surface area contributed by atoms with Crippen molar-refractivity contribution in [3.05, 3.63) is 12.2 Å². The van der Waals surface area contributed by atoms with E-state index in [-0.39, 0.29) is 8.80 Å². The Morgan fingerprint density at radius 3 is 2.33 bits per heavy atom. The maximum atomic E-state index is 2.60. The highest BCUT2D eigenvalue weighted by atomic mass is 28.3. The molecule has 15 heavy (non-hydrogen) atoms. The molecule has 0 atom stereocenters. The van der Waals surface area contributed by atoms with Crippen LogP contribution in [0.15, 0.2) is 12.2 Å². The second-order valence-electron chi connectivity index (χ2n) is 4.73. The first-order valence-electron chi connectivity index (χ1n) is 6.74. The number of allylic oxidation sites excluding steroid dienone is 1. The summed E-state index contributed by atoms with van der Waals surface area (Å²) in [6.45, 7) is 8.70. The van der Waals surface area contributed by atoms with Gasteiger partial charge in [0.05, 0.1) is 0 Å². The van der Waals surface area contributed by atoms with Gasteiger partial charge in [-0.05, 0) is 38.4 Å². The van der Waals surface area contributed by atoms with Crippen molar-refractivity contribution in [3.63, 3.8) is 0 Å². The van der Waals surface area contributed by atoms with Gasteiger partial charge in [0.15, 0.2) is 0 Å². The SMILES string of the molecule is CC[SiH](CC)CC=CCCN1CCCC1. The van der Waals surface area contributed by atoms with E-state index in [1.165, 1.54) is 57.0 Å². The normalized spacial score (nSPS) is 18.3. The van der Waals surface area contributed by atoms with Crippen LogP contribution >= 0.6 is 0 Å². The highest BCUT2D eigenvalue weighted by molar-refractivity contribution is 6.59. The topological polar surface area (TPSA) is 3.24 Å². The summed E-state index contributed by atoms with van der Waals surface area (Å²) in [7, 11) is -0.362. The summed E-state index contributed by atoms with van der Waals surface area (Å²) in [6, 6.07) is 4.35. The smallest absolute Gasteiger partial charge is 0.0400 e. The van der Waals surface area contributed by atoms with Crippen molar-refractivity contribution in [2.45, 2.75) is 51.2 Å². The first-order valence-corrected chi connectivity index (χ1v) is 9.19. The second-order valence-corrected chi connectivity index (χ2v) is 8.56. The quantitative estimate of drug-likeness (QED) is 0.475. The number of hydrogen-bond donors (Lipinski definition) is 0. The Bertz CT molecular complexity index is 169. The molecule has 88 valence electrons. The largest absolute Gasteiger partial charge is 0.303 e. The Kier molecular flexibility index (Phi) is 7.02. The predicted molar refractivity (Wildman–Crippen MR) is 72.3 cm³/mol. The Morgan fingerprint density at radius 1 is 1.07 bits per heavy atom. The minimum absolute atomic E-state index is 0.362. The summed E-state index contributed by atoms with van der Waals surface area (Å²) in [5, 5.41) is 0. The fourth-order valence-corrected chi connectivity index (χ4v) is 4.11. The maximum absolute atomic E-state index is 2.60. The molecule has 0 aliphatic carbocycles. The van der Waals surface area contributed by atoms with Gasteiger partial charge in [-0.25, -0.2) is 0 Å². The molecule has 0 aromatic rings. The molecule has 1 fully saturated rings.